The Morgan fingerprint density at radius 2 is 1.78 bits per heavy atom. The molecule has 0 aliphatic carbocycles. The number of aromatic nitrogens is 2. The van der Waals surface area contributed by atoms with Gasteiger partial charge in [-0.15, -0.1) is 0 Å². The highest BCUT2D eigenvalue weighted by molar-refractivity contribution is 6.34. The van der Waals surface area contributed by atoms with Crippen LogP contribution < -0.4 is 9.47 Å². The lowest BCUT2D eigenvalue weighted by molar-refractivity contribution is 0.394. The first-order valence-electron chi connectivity index (χ1n) is 7.03. The summed E-state index contributed by atoms with van der Waals surface area (Å²) in [6, 6.07) is 13.3. The van der Waals surface area contributed by atoms with Crippen LogP contribution in [0.4, 0.5) is 0 Å². The highest BCUT2D eigenvalue weighted by atomic mass is 35.5. The molecule has 0 amide bonds. The van der Waals surface area contributed by atoms with E-state index in [1.165, 1.54) is 0 Å². The van der Waals surface area contributed by atoms with Crippen LogP contribution in [0.2, 0.25) is 5.15 Å². The third kappa shape index (κ3) is 3.27. The number of fused-ring (bicyclic) bond motifs is 1. The predicted molar refractivity (Wildman–Crippen MR) is 93.0 cm³/mol. The molecule has 1 heterocycles. The maximum atomic E-state index is 6.22. The molecule has 0 radical (unpaired) electrons. The number of nitrogens with zero attached hydrogens (tertiary/aromatic N) is 2. The van der Waals surface area contributed by atoms with Crippen LogP contribution in [-0.4, -0.2) is 24.2 Å². The molecule has 3 rings (SSSR count). The zero-order chi connectivity index (χ0) is 16.2. The average Bonchev–Trinajstić information content (AvgIpc) is 2.60. The molecule has 23 heavy (non-hydrogen) atoms. The largest absolute Gasteiger partial charge is 0.497 e. The Morgan fingerprint density at radius 1 is 0.957 bits per heavy atom. The molecule has 0 atom stereocenters. The van der Waals surface area contributed by atoms with Crippen molar-refractivity contribution in [2.24, 2.45) is 0 Å². The molecule has 0 N–H and O–H groups in total. The van der Waals surface area contributed by atoms with E-state index in [0.29, 0.717) is 16.7 Å². The SMILES string of the molecule is COc1ccc(/C=C/c2nc(Cl)c3ccccc3n2)c(OC)c1. The molecule has 0 spiro atoms. The molecule has 3 aromatic rings. The van der Waals surface area contributed by atoms with Gasteiger partial charge in [0, 0.05) is 17.0 Å². The van der Waals surface area contributed by atoms with E-state index >= 15 is 0 Å². The average molecular weight is 327 g/mol. The fourth-order valence-corrected chi connectivity index (χ4v) is 2.50. The van der Waals surface area contributed by atoms with Crippen LogP contribution in [0, 0.1) is 0 Å². The molecular formula is C18H15ClN2O2. The summed E-state index contributed by atoms with van der Waals surface area (Å²) < 4.78 is 10.6. The van der Waals surface area contributed by atoms with Crippen molar-refractivity contribution in [1.29, 1.82) is 0 Å². The van der Waals surface area contributed by atoms with E-state index in [4.69, 9.17) is 21.1 Å². The minimum Gasteiger partial charge on any atom is -0.497 e. The number of ether oxygens (including phenoxy) is 2. The number of hydrogen-bond acceptors (Lipinski definition) is 4. The summed E-state index contributed by atoms with van der Waals surface area (Å²) in [5.41, 5.74) is 1.72. The van der Waals surface area contributed by atoms with Crippen LogP contribution >= 0.6 is 11.6 Å². The first-order valence-corrected chi connectivity index (χ1v) is 7.41. The molecule has 4 nitrogen and oxygen atoms in total. The van der Waals surface area contributed by atoms with Gasteiger partial charge >= 0.3 is 0 Å². The van der Waals surface area contributed by atoms with Crippen LogP contribution in [0.25, 0.3) is 23.1 Å². The highest BCUT2D eigenvalue weighted by Gasteiger charge is 2.05. The summed E-state index contributed by atoms with van der Waals surface area (Å²) >= 11 is 6.22. The summed E-state index contributed by atoms with van der Waals surface area (Å²) in [6.45, 7) is 0. The van der Waals surface area contributed by atoms with E-state index in [0.717, 1.165) is 22.2 Å². The Morgan fingerprint density at radius 3 is 2.57 bits per heavy atom. The Kier molecular flexibility index (Phi) is 4.44. The van der Waals surface area contributed by atoms with Crippen molar-refractivity contribution in [3.63, 3.8) is 0 Å². The zero-order valence-electron chi connectivity index (χ0n) is 12.8. The number of para-hydroxylation sites is 1. The van der Waals surface area contributed by atoms with E-state index < -0.39 is 0 Å². The van der Waals surface area contributed by atoms with Gasteiger partial charge in [0.2, 0.25) is 0 Å². The maximum Gasteiger partial charge on any atom is 0.154 e. The summed E-state index contributed by atoms with van der Waals surface area (Å²) in [5, 5.41) is 1.28. The molecule has 0 saturated heterocycles. The van der Waals surface area contributed by atoms with Crippen molar-refractivity contribution in [1.82, 2.24) is 9.97 Å². The summed E-state index contributed by atoms with van der Waals surface area (Å²) in [7, 11) is 3.24. The Bertz CT molecular complexity index is 878. The number of methoxy groups -OCH3 is 2. The van der Waals surface area contributed by atoms with Gasteiger partial charge in [-0.05, 0) is 36.4 Å². The fourth-order valence-electron chi connectivity index (χ4n) is 2.25. The molecule has 0 fully saturated rings. The summed E-state index contributed by atoms with van der Waals surface area (Å²) in [4.78, 5) is 8.80. The number of benzene rings is 2. The van der Waals surface area contributed by atoms with E-state index in [1.54, 1.807) is 14.2 Å². The second-order valence-electron chi connectivity index (χ2n) is 4.83. The quantitative estimate of drug-likeness (QED) is 0.663. The zero-order valence-corrected chi connectivity index (χ0v) is 13.5. The fraction of sp³-hybridized carbons (Fsp3) is 0.111. The normalized spacial score (nSPS) is 11.1. The lowest BCUT2D eigenvalue weighted by atomic mass is 10.1. The minimum absolute atomic E-state index is 0.442. The van der Waals surface area contributed by atoms with Gasteiger partial charge in [0.15, 0.2) is 5.82 Å². The standard InChI is InChI=1S/C18H15ClN2O2/c1-22-13-9-7-12(16(11-13)23-2)8-10-17-20-15-6-4-3-5-14(15)18(19)21-17/h3-11H,1-2H3/b10-8+. The van der Waals surface area contributed by atoms with Gasteiger partial charge in [-0.2, -0.15) is 0 Å². The van der Waals surface area contributed by atoms with Crippen LogP contribution in [0.5, 0.6) is 11.5 Å². The lowest BCUT2D eigenvalue weighted by Crippen LogP contribution is -1.91. The van der Waals surface area contributed by atoms with Gasteiger partial charge in [-0.25, -0.2) is 9.97 Å². The molecule has 1 aromatic heterocycles. The van der Waals surface area contributed by atoms with Crippen molar-refractivity contribution < 1.29 is 9.47 Å². The molecule has 116 valence electrons. The Labute approximate surface area is 139 Å². The van der Waals surface area contributed by atoms with Gasteiger partial charge in [0.25, 0.3) is 0 Å². The monoisotopic (exact) mass is 326 g/mol. The first kappa shape index (κ1) is 15.3. The number of halogens is 1. The molecule has 0 aliphatic rings. The van der Waals surface area contributed by atoms with E-state index in [-0.39, 0.29) is 0 Å². The van der Waals surface area contributed by atoms with Gasteiger partial charge in [0.1, 0.15) is 16.7 Å². The second kappa shape index (κ2) is 6.67. The predicted octanol–water partition coefficient (Wildman–Crippen LogP) is 4.47. The molecule has 0 unspecified atom stereocenters. The van der Waals surface area contributed by atoms with Crippen molar-refractivity contribution in [3.8, 4) is 11.5 Å². The van der Waals surface area contributed by atoms with Gasteiger partial charge in [0.05, 0.1) is 19.7 Å². The minimum atomic E-state index is 0.442. The molecule has 2 aromatic carbocycles. The highest BCUT2D eigenvalue weighted by Crippen LogP contribution is 2.26. The van der Waals surface area contributed by atoms with Crippen LogP contribution in [0.3, 0.4) is 0 Å². The third-order valence-electron chi connectivity index (χ3n) is 3.43. The Balaban J connectivity index is 1.97. The topological polar surface area (TPSA) is 44.2 Å². The molecular weight excluding hydrogens is 312 g/mol. The second-order valence-corrected chi connectivity index (χ2v) is 5.19. The third-order valence-corrected chi connectivity index (χ3v) is 3.71. The molecule has 5 heteroatoms. The van der Waals surface area contributed by atoms with Crippen molar-refractivity contribution in [2.45, 2.75) is 0 Å². The van der Waals surface area contributed by atoms with Crippen molar-refractivity contribution in [2.75, 3.05) is 14.2 Å². The Hall–Kier alpha value is -2.59. The van der Waals surface area contributed by atoms with Crippen molar-refractivity contribution in [3.05, 3.63) is 59.0 Å². The van der Waals surface area contributed by atoms with E-state index in [2.05, 4.69) is 9.97 Å². The maximum absolute atomic E-state index is 6.22. The van der Waals surface area contributed by atoms with Crippen LogP contribution in [-0.2, 0) is 0 Å². The molecule has 0 aliphatic heterocycles. The summed E-state index contributed by atoms with van der Waals surface area (Å²) in [6.07, 6.45) is 3.70. The first-order chi connectivity index (χ1) is 11.2. The van der Waals surface area contributed by atoms with Gasteiger partial charge in [-0.3, -0.25) is 0 Å². The number of rotatable bonds is 4. The summed E-state index contributed by atoms with van der Waals surface area (Å²) in [5.74, 6) is 2.00. The van der Waals surface area contributed by atoms with E-state index in [9.17, 15) is 0 Å². The van der Waals surface area contributed by atoms with Crippen molar-refractivity contribution >= 4 is 34.7 Å². The molecule has 0 saturated carbocycles. The van der Waals surface area contributed by atoms with Gasteiger partial charge < -0.3 is 9.47 Å². The van der Waals surface area contributed by atoms with Crippen LogP contribution in [0.15, 0.2) is 42.5 Å². The lowest BCUT2D eigenvalue weighted by Gasteiger charge is -2.07. The number of hydrogen-bond donors (Lipinski definition) is 0. The molecule has 0 bridgehead atoms. The van der Waals surface area contributed by atoms with E-state index in [1.807, 2.05) is 54.6 Å². The smallest absolute Gasteiger partial charge is 0.154 e. The van der Waals surface area contributed by atoms with Crippen LogP contribution in [0.1, 0.15) is 11.4 Å². The van der Waals surface area contributed by atoms with Gasteiger partial charge in [-0.1, -0.05) is 23.7 Å².